The van der Waals surface area contributed by atoms with E-state index in [0.29, 0.717) is 12.0 Å². The highest BCUT2D eigenvalue weighted by Gasteiger charge is 2.34. The number of aryl methyl sites for hydroxylation is 2. The van der Waals surface area contributed by atoms with Gasteiger partial charge >= 0.3 is 0 Å². The van der Waals surface area contributed by atoms with Crippen LogP contribution in [0.25, 0.3) is 0 Å². The topological polar surface area (TPSA) is 41.3 Å². The molecule has 19 heavy (non-hydrogen) atoms. The highest BCUT2D eigenvalue weighted by molar-refractivity contribution is 5.21. The van der Waals surface area contributed by atoms with E-state index in [2.05, 4.69) is 43.1 Å². The van der Waals surface area contributed by atoms with Crippen LogP contribution in [-0.4, -0.2) is 34.7 Å². The van der Waals surface area contributed by atoms with Crippen LogP contribution in [0.2, 0.25) is 0 Å². The number of aromatic nitrogens is 1. The van der Waals surface area contributed by atoms with E-state index < -0.39 is 0 Å². The minimum Gasteiger partial charge on any atom is -0.361 e. The predicted octanol–water partition coefficient (Wildman–Crippen LogP) is 2.50. The third-order valence-electron chi connectivity index (χ3n) is 4.17. The molecular formula is C15H27N3O. The predicted molar refractivity (Wildman–Crippen MR) is 77.1 cm³/mol. The van der Waals surface area contributed by atoms with Crippen molar-refractivity contribution in [1.29, 1.82) is 0 Å². The molecule has 1 fully saturated rings. The Balaban J connectivity index is 2.18. The first kappa shape index (κ1) is 14.5. The summed E-state index contributed by atoms with van der Waals surface area (Å²) in [6.45, 7) is 16.2. The van der Waals surface area contributed by atoms with Gasteiger partial charge in [0.15, 0.2) is 0 Å². The summed E-state index contributed by atoms with van der Waals surface area (Å²) in [6.07, 6.45) is 0. The number of rotatable bonds is 3. The zero-order valence-electron chi connectivity index (χ0n) is 13.1. The smallest absolute Gasteiger partial charge is 0.138 e. The molecule has 0 aliphatic carbocycles. The summed E-state index contributed by atoms with van der Waals surface area (Å²) in [7, 11) is 0. The molecule has 0 aromatic carbocycles. The first-order valence-corrected chi connectivity index (χ1v) is 7.21. The molecule has 1 aliphatic rings. The molecule has 1 saturated heterocycles. The lowest BCUT2D eigenvalue weighted by Crippen LogP contribution is -2.62. The van der Waals surface area contributed by atoms with Gasteiger partial charge in [0.25, 0.3) is 0 Å². The van der Waals surface area contributed by atoms with Crippen molar-refractivity contribution in [3.8, 4) is 0 Å². The summed E-state index contributed by atoms with van der Waals surface area (Å²) < 4.78 is 5.29. The fraction of sp³-hybridized carbons (Fsp3) is 0.800. The molecule has 2 rings (SSSR count). The minimum atomic E-state index is 0.171. The molecule has 1 aromatic heterocycles. The van der Waals surface area contributed by atoms with Gasteiger partial charge in [0, 0.05) is 36.8 Å². The molecule has 1 unspecified atom stereocenters. The Morgan fingerprint density at radius 3 is 2.63 bits per heavy atom. The first-order valence-electron chi connectivity index (χ1n) is 7.21. The summed E-state index contributed by atoms with van der Waals surface area (Å²) in [5.74, 6) is 1.60. The van der Waals surface area contributed by atoms with Crippen molar-refractivity contribution in [2.75, 3.05) is 13.1 Å². The van der Waals surface area contributed by atoms with Crippen molar-refractivity contribution in [2.45, 2.75) is 59.7 Å². The van der Waals surface area contributed by atoms with Crippen molar-refractivity contribution in [3.63, 3.8) is 0 Å². The Labute approximate surface area is 116 Å². The molecule has 1 aromatic rings. The van der Waals surface area contributed by atoms with Gasteiger partial charge in [-0.1, -0.05) is 19.0 Å². The van der Waals surface area contributed by atoms with E-state index in [1.807, 2.05) is 13.8 Å². The molecule has 0 saturated carbocycles. The number of piperazine rings is 1. The molecule has 108 valence electrons. The highest BCUT2D eigenvalue weighted by Crippen LogP contribution is 2.24. The van der Waals surface area contributed by atoms with E-state index in [1.54, 1.807) is 0 Å². The summed E-state index contributed by atoms with van der Waals surface area (Å²) in [6, 6.07) is 0.571. The third-order valence-corrected chi connectivity index (χ3v) is 4.17. The lowest BCUT2D eigenvalue weighted by Gasteiger charge is -2.46. The molecule has 4 nitrogen and oxygen atoms in total. The minimum absolute atomic E-state index is 0.171. The largest absolute Gasteiger partial charge is 0.361 e. The average molecular weight is 265 g/mol. The number of hydrogen-bond donors (Lipinski definition) is 1. The van der Waals surface area contributed by atoms with Crippen molar-refractivity contribution >= 4 is 0 Å². The van der Waals surface area contributed by atoms with E-state index in [9.17, 15) is 0 Å². The maximum absolute atomic E-state index is 5.29. The van der Waals surface area contributed by atoms with Gasteiger partial charge in [0.2, 0.25) is 0 Å². The molecule has 4 heteroatoms. The summed E-state index contributed by atoms with van der Waals surface area (Å²) in [5, 5.41) is 7.72. The monoisotopic (exact) mass is 265 g/mol. The van der Waals surface area contributed by atoms with Crippen LogP contribution in [0.1, 0.15) is 44.7 Å². The van der Waals surface area contributed by atoms with Gasteiger partial charge in [-0.3, -0.25) is 4.90 Å². The van der Waals surface area contributed by atoms with Gasteiger partial charge in [-0.2, -0.15) is 0 Å². The second-order valence-electron chi connectivity index (χ2n) is 6.78. The van der Waals surface area contributed by atoms with Crippen LogP contribution >= 0.6 is 0 Å². The average Bonchev–Trinajstić information content (AvgIpc) is 2.59. The molecule has 0 radical (unpaired) electrons. The van der Waals surface area contributed by atoms with Gasteiger partial charge in [0.05, 0.1) is 5.69 Å². The van der Waals surface area contributed by atoms with E-state index in [1.165, 1.54) is 5.56 Å². The van der Waals surface area contributed by atoms with E-state index >= 15 is 0 Å². The van der Waals surface area contributed by atoms with Gasteiger partial charge in [-0.05, 0) is 33.6 Å². The second-order valence-corrected chi connectivity index (χ2v) is 6.78. The van der Waals surface area contributed by atoms with Gasteiger partial charge < -0.3 is 9.84 Å². The normalized spacial score (nSPS) is 24.1. The van der Waals surface area contributed by atoms with Crippen molar-refractivity contribution in [2.24, 2.45) is 5.92 Å². The van der Waals surface area contributed by atoms with Crippen molar-refractivity contribution in [1.82, 2.24) is 15.4 Å². The fourth-order valence-corrected chi connectivity index (χ4v) is 2.95. The first-order chi connectivity index (χ1) is 8.80. The molecule has 0 amide bonds. The molecule has 2 heterocycles. The third kappa shape index (κ3) is 3.18. The zero-order chi connectivity index (χ0) is 14.2. The lowest BCUT2D eigenvalue weighted by molar-refractivity contribution is 0.0622. The lowest BCUT2D eigenvalue weighted by atomic mass is 9.92. The van der Waals surface area contributed by atoms with Crippen LogP contribution in [-0.2, 0) is 6.54 Å². The molecule has 0 spiro atoms. The van der Waals surface area contributed by atoms with Gasteiger partial charge in [-0.15, -0.1) is 0 Å². The zero-order valence-corrected chi connectivity index (χ0v) is 13.1. The quantitative estimate of drug-likeness (QED) is 0.911. The number of nitrogens with one attached hydrogen (secondary N) is 1. The van der Waals surface area contributed by atoms with E-state index in [4.69, 9.17) is 4.52 Å². The van der Waals surface area contributed by atoms with E-state index in [0.717, 1.165) is 31.1 Å². The van der Waals surface area contributed by atoms with Crippen molar-refractivity contribution in [3.05, 3.63) is 17.0 Å². The summed E-state index contributed by atoms with van der Waals surface area (Å²) >= 11 is 0. The highest BCUT2D eigenvalue weighted by atomic mass is 16.5. The Bertz CT molecular complexity index is 417. The van der Waals surface area contributed by atoms with Crippen LogP contribution in [0.3, 0.4) is 0 Å². The molecule has 1 atom stereocenters. The summed E-state index contributed by atoms with van der Waals surface area (Å²) in [5.41, 5.74) is 2.45. The maximum atomic E-state index is 5.29. The fourth-order valence-electron chi connectivity index (χ4n) is 2.95. The maximum Gasteiger partial charge on any atom is 0.138 e. The molecule has 0 bridgehead atoms. The van der Waals surface area contributed by atoms with Crippen LogP contribution in [0.5, 0.6) is 0 Å². The van der Waals surface area contributed by atoms with Crippen LogP contribution < -0.4 is 5.32 Å². The number of hydrogen-bond acceptors (Lipinski definition) is 4. The van der Waals surface area contributed by atoms with Gasteiger partial charge in [-0.25, -0.2) is 0 Å². The molecule has 1 aliphatic heterocycles. The SMILES string of the molecule is Cc1noc(C)c1CN1CC(C)(C)NCC1C(C)C. The van der Waals surface area contributed by atoms with Crippen LogP contribution in [0.4, 0.5) is 0 Å². The van der Waals surface area contributed by atoms with Crippen LogP contribution in [0, 0.1) is 19.8 Å². The van der Waals surface area contributed by atoms with Crippen LogP contribution in [0.15, 0.2) is 4.52 Å². The van der Waals surface area contributed by atoms with Gasteiger partial charge in [0.1, 0.15) is 5.76 Å². The Hall–Kier alpha value is -0.870. The van der Waals surface area contributed by atoms with Crippen molar-refractivity contribution < 1.29 is 4.52 Å². The standard InChI is InChI=1S/C15H27N3O/c1-10(2)14-7-16-15(5,6)9-18(14)8-13-11(3)17-19-12(13)4/h10,14,16H,7-9H2,1-6H3. The Morgan fingerprint density at radius 1 is 1.42 bits per heavy atom. The number of nitrogens with zero attached hydrogens (tertiary/aromatic N) is 2. The Morgan fingerprint density at radius 2 is 2.11 bits per heavy atom. The summed E-state index contributed by atoms with van der Waals surface area (Å²) in [4.78, 5) is 2.58. The Kier molecular flexibility index (Phi) is 4.02. The molecule has 1 N–H and O–H groups in total. The molecular weight excluding hydrogens is 238 g/mol. The second kappa shape index (κ2) is 5.25. The van der Waals surface area contributed by atoms with E-state index in [-0.39, 0.29) is 5.54 Å².